The third-order valence-corrected chi connectivity index (χ3v) is 3.34. The van der Waals surface area contributed by atoms with E-state index in [2.05, 4.69) is 24.1 Å². The lowest BCUT2D eigenvalue weighted by molar-refractivity contribution is 0.481. The molecule has 0 bridgehead atoms. The van der Waals surface area contributed by atoms with Gasteiger partial charge in [-0.15, -0.1) is 0 Å². The van der Waals surface area contributed by atoms with E-state index in [0.29, 0.717) is 19.1 Å². The summed E-state index contributed by atoms with van der Waals surface area (Å²) in [5.41, 5.74) is 1.97. The summed E-state index contributed by atoms with van der Waals surface area (Å²) in [6.07, 6.45) is 0. The van der Waals surface area contributed by atoms with Gasteiger partial charge in [-0.05, 0) is 42.8 Å². The van der Waals surface area contributed by atoms with Gasteiger partial charge in [0.25, 0.3) is 0 Å². The van der Waals surface area contributed by atoms with Crippen molar-refractivity contribution in [1.29, 1.82) is 0 Å². The van der Waals surface area contributed by atoms with Crippen LogP contribution in [-0.4, -0.2) is 13.1 Å². The quantitative estimate of drug-likeness (QED) is 0.875. The summed E-state index contributed by atoms with van der Waals surface area (Å²) >= 11 is 0. The van der Waals surface area contributed by atoms with Gasteiger partial charge in [-0.25, -0.2) is 4.39 Å². The first kappa shape index (κ1) is 15.6. The van der Waals surface area contributed by atoms with Gasteiger partial charge in [0.15, 0.2) is 0 Å². The highest BCUT2D eigenvalue weighted by Crippen LogP contribution is 2.23. The molecule has 21 heavy (non-hydrogen) atoms. The van der Waals surface area contributed by atoms with Gasteiger partial charge in [-0.2, -0.15) is 0 Å². The molecule has 0 saturated heterocycles. The molecule has 2 aromatic rings. The minimum absolute atomic E-state index is 0.207. The van der Waals surface area contributed by atoms with Crippen molar-refractivity contribution in [1.82, 2.24) is 5.32 Å². The Morgan fingerprint density at radius 1 is 1.24 bits per heavy atom. The van der Waals surface area contributed by atoms with E-state index in [-0.39, 0.29) is 5.82 Å². The van der Waals surface area contributed by atoms with Gasteiger partial charge in [-0.3, -0.25) is 0 Å². The van der Waals surface area contributed by atoms with Gasteiger partial charge in [0.2, 0.25) is 0 Å². The SMILES string of the molecule is Cc1ccc(CN(C)c2ccc(F)cc2CNC(C)C)o1. The molecule has 0 saturated carbocycles. The molecule has 0 aliphatic carbocycles. The highest BCUT2D eigenvalue weighted by atomic mass is 19.1. The summed E-state index contributed by atoms with van der Waals surface area (Å²) < 4.78 is 19.1. The minimum atomic E-state index is -0.207. The summed E-state index contributed by atoms with van der Waals surface area (Å²) in [5.74, 6) is 1.60. The molecule has 0 radical (unpaired) electrons. The maximum atomic E-state index is 13.5. The number of nitrogens with one attached hydrogen (secondary N) is 1. The molecule has 1 N–H and O–H groups in total. The monoisotopic (exact) mass is 290 g/mol. The zero-order chi connectivity index (χ0) is 15.4. The molecule has 0 amide bonds. The van der Waals surface area contributed by atoms with Crippen LogP contribution in [0, 0.1) is 12.7 Å². The van der Waals surface area contributed by atoms with Crippen molar-refractivity contribution < 1.29 is 8.81 Å². The molecular weight excluding hydrogens is 267 g/mol. The fraction of sp³-hybridized carbons (Fsp3) is 0.412. The van der Waals surface area contributed by atoms with E-state index in [1.165, 1.54) is 6.07 Å². The Labute approximate surface area is 125 Å². The number of hydrogen-bond donors (Lipinski definition) is 1. The molecule has 1 aromatic carbocycles. The van der Waals surface area contributed by atoms with Crippen LogP contribution in [0.25, 0.3) is 0 Å². The maximum absolute atomic E-state index is 13.5. The molecule has 2 rings (SSSR count). The Bertz CT molecular complexity index is 592. The lowest BCUT2D eigenvalue weighted by Gasteiger charge is -2.22. The van der Waals surface area contributed by atoms with E-state index in [4.69, 9.17) is 4.42 Å². The second kappa shape index (κ2) is 6.76. The smallest absolute Gasteiger partial charge is 0.123 e. The van der Waals surface area contributed by atoms with Gasteiger partial charge in [0, 0.05) is 25.3 Å². The second-order valence-corrected chi connectivity index (χ2v) is 5.68. The maximum Gasteiger partial charge on any atom is 0.123 e. The van der Waals surface area contributed by atoms with Crippen LogP contribution in [0.4, 0.5) is 10.1 Å². The van der Waals surface area contributed by atoms with E-state index in [9.17, 15) is 4.39 Å². The van der Waals surface area contributed by atoms with Gasteiger partial charge >= 0.3 is 0 Å². The summed E-state index contributed by atoms with van der Waals surface area (Å²) in [6.45, 7) is 7.39. The van der Waals surface area contributed by atoms with Crippen molar-refractivity contribution in [2.75, 3.05) is 11.9 Å². The number of benzene rings is 1. The van der Waals surface area contributed by atoms with Crippen LogP contribution in [0.2, 0.25) is 0 Å². The Balaban J connectivity index is 2.16. The molecule has 0 aliphatic heterocycles. The largest absolute Gasteiger partial charge is 0.464 e. The Hall–Kier alpha value is -1.81. The predicted molar refractivity (Wildman–Crippen MR) is 83.9 cm³/mol. The molecule has 0 spiro atoms. The molecule has 0 atom stereocenters. The van der Waals surface area contributed by atoms with Crippen molar-refractivity contribution in [2.24, 2.45) is 0 Å². The van der Waals surface area contributed by atoms with Crippen molar-refractivity contribution in [2.45, 2.75) is 39.9 Å². The van der Waals surface area contributed by atoms with Crippen LogP contribution in [0.3, 0.4) is 0 Å². The summed E-state index contributed by atoms with van der Waals surface area (Å²) in [5, 5.41) is 3.34. The molecule has 3 nitrogen and oxygen atoms in total. The second-order valence-electron chi connectivity index (χ2n) is 5.68. The molecular formula is C17H23FN2O. The standard InChI is InChI=1S/C17H23FN2O/c1-12(2)19-10-14-9-15(18)6-8-17(14)20(4)11-16-7-5-13(3)21-16/h5-9,12,19H,10-11H2,1-4H3. The number of furan rings is 1. The van der Waals surface area contributed by atoms with E-state index < -0.39 is 0 Å². The molecule has 1 aromatic heterocycles. The number of halogens is 1. The third-order valence-electron chi connectivity index (χ3n) is 3.34. The van der Waals surface area contributed by atoms with Crippen LogP contribution in [0.1, 0.15) is 30.9 Å². The highest BCUT2D eigenvalue weighted by molar-refractivity contribution is 5.53. The van der Waals surface area contributed by atoms with Gasteiger partial charge in [0.05, 0.1) is 6.54 Å². The molecule has 1 heterocycles. The van der Waals surface area contributed by atoms with Crippen molar-refractivity contribution in [3.63, 3.8) is 0 Å². The normalized spacial score (nSPS) is 11.1. The van der Waals surface area contributed by atoms with Crippen LogP contribution < -0.4 is 10.2 Å². The summed E-state index contributed by atoms with van der Waals surface area (Å²) in [7, 11) is 1.99. The average molecular weight is 290 g/mol. The number of aryl methyl sites for hydroxylation is 1. The van der Waals surface area contributed by atoms with Gasteiger partial charge in [-0.1, -0.05) is 13.8 Å². The first-order valence-electron chi connectivity index (χ1n) is 7.24. The molecule has 114 valence electrons. The number of anilines is 1. The fourth-order valence-corrected chi connectivity index (χ4v) is 2.27. The van der Waals surface area contributed by atoms with Gasteiger partial charge in [0.1, 0.15) is 17.3 Å². The van der Waals surface area contributed by atoms with Crippen LogP contribution in [0.15, 0.2) is 34.7 Å². The van der Waals surface area contributed by atoms with Crippen molar-refractivity contribution in [3.05, 3.63) is 53.2 Å². The summed E-state index contributed by atoms with van der Waals surface area (Å²) in [4.78, 5) is 2.08. The van der Waals surface area contributed by atoms with Crippen LogP contribution in [-0.2, 0) is 13.1 Å². The predicted octanol–water partition coefficient (Wildman–Crippen LogP) is 3.86. The van der Waals surface area contributed by atoms with E-state index in [1.54, 1.807) is 6.07 Å². The van der Waals surface area contributed by atoms with Crippen molar-refractivity contribution >= 4 is 5.69 Å². The summed E-state index contributed by atoms with van der Waals surface area (Å²) in [6, 6.07) is 9.20. The van der Waals surface area contributed by atoms with Crippen molar-refractivity contribution in [3.8, 4) is 0 Å². The Kier molecular flexibility index (Phi) is 5.02. The third kappa shape index (κ3) is 4.33. The molecule has 4 heteroatoms. The topological polar surface area (TPSA) is 28.4 Å². The molecule has 0 aliphatic rings. The highest BCUT2D eigenvalue weighted by Gasteiger charge is 2.11. The van der Waals surface area contributed by atoms with E-state index in [0.717, 1.165) is 22.8 Å². The molecule has 0 unspecified atom stereocenters. The lowest BCUT2D eigenvalue weighted by Crippen LogP contribution is -2.24. The molecule has 0 fully saturated rings. The van der Waals surface area contributed by atoms with Gasteiger partial charge < -0.3 is 14.6 Å². The number of hydrogen-bond acceptors (Lipinski definition) is 3. The average Bonchev–Trinajstić information content (AvgIpc) is 2.81. The first-order chi connectivity index (χ1) is 9.95. The van der Waals surface area contributed by atoms with Crippen LogP contribution in [0.5, 0.6) is 0 Å². The zero-order valence-corrected chi connectivity index (χ0v) is 13.1. The lowest BCUT2D eigenvalue weighted by atomic mass is 10.1. The fourth-order valence-electron chi connectivity index (χ4n) is 2.27. The zero-order valence-electron chi connectivity index (χ0n) is 13.1. The van der Waals surface area contributed by atoms with E-state index >= 15 is 0 Å². The minimum Gasteiger partial charge on any atom is -0.464 e. The number of nitrogens with zero attached hydrogens (tertiary/aromatic N) is 1. The van der Waals surface area contributed by atoms with Crippen LogP contribution >= 0.6 is 0 Å². The first-order valence-corrected chi connectivity index (χ1v) is 7.24. The Morgan fingerprint density at radius 2 is 2.00 bits per heavy atom. The van der Waals surface area contributed by atoms with E-state index in [1.807, 2.05) is 32.2 Å². The number of rotatable bonds is 6. The Morgan fingerprint density at radius 3 is 2.62 bits per heavy atom.